The quantitative estimate of drug-likeness (QED) is 0.656. The third-order valence-electron chi connectivity index (χ3n) is 6.44. The molecule has 4 rings (SSSR count). The Morgan fingerprint density at radius 2 is 2.00 bits per heavy atom. The molecule has 2 aromatic rings. The molecule has 2 fully saturated rings. The van der Waals surface area contributed by atoms with Gasteiger partial charge < -0.3 is 14.4 Å². The summed E-state index contributed by atoms with van der Waals surface area (Å²) in [5.41, 5.74) is 3.11. The Balaban J connectivity index is 1.43. The second-order valence-corrected chi connectivity index (χ2v) is 9.39. The van der Waals surface area contributed by atoms with E-state index in [0.717, 1.165) is 37.1 Å². The lowest BCUT2D eigenvalue weighted by atomic mass is 9.98. The van der Waals surface area contributed by atoms with Crippen LogP contribution < -0.4 is 4.74 Å². The first kappa shape index (κ1) is 21.6. The van der Waals surface area contributed by atoms with E-state index in [9.17, 15) is 4.79 Å². The first-order valence-corrected chi connectivity index (χ1v) is 11.3. The predicted molar refractivity (Wildman–Crippen MR) is 117 cm³/mol. The van der Waals surface area contributed by atoms with Gasteiger partial charge >= 0.3 is 6.09 Å². The fraction of sp³-hybridized carbons (Fsp3) is 0.652. The van der Waals surface area contributed by atoms with Crippen molar-refractivity contribution < 1.29 is 14.3 Å². The lowest BCUT2D eigenvalue weighted by Gasteiger charge is -2.23. The molecule has 0 spiro atoms. The maximum absolute atomic E-state index is 12.4. The van der Waals surface area contributed by atoms with E-state index >= 15 is 0 Å². The summed E-state index contributed by atoms with van der Waals surface area (Å²) < 4.78 is 13.4. The third kappa shape index (κ3) is 5.17. The van der Waals surface area contributed by atoms with Crippen LogP contribution in [0.4, 0.5) is 4.79 Å². The molecule has 8 nitrogen and oxygen atoms in total. The summed E-state index contributed by atoms with van der Waals surface area (Å²) in [5, 5.41) is 8.39. The number of nitrogens with zero attached hydrogens (tertiary/aromatic N) is 5. The molecule has 0 aliphatic heterocycles. The van der Waals surface area contributed by atoms with Crippen LogP contribution in [0.25, 0.3) is 11.4 Å². The van der Waals surface area contributed by atoms with Crippen molar-refractivity contribution in [3.05, 3.63) is 23.5 Å². The summed E-state index contributed by atoms with van der Waals surface area (Å²) in [6.45, 7) is 4.95. The van der Waals surface area contributed by atoms with Crippen LogP contribution in [0.15, 0.2) is 12.1 Å². The van der Waals surface area contributed by atoms with E-state index in [1.54, 1.807) is 23.7 Å². The fourth-order valence-electron chi connectivity index (χ4n) is 4.15. The Hall–Kier alpha value is -2.64. The smallest absolute Gasteiger partial charge is 0.409 e. The van der Waals surface area contributed by atoms with Crippen LogP contribution in [-0.4, -0.2) is 50.7 Å². The Kier molecular flexibility index (Phi) is 6.16. The van der Waals surface area contributed by atoms with Crippen molar-refractivity contribution in [1.82, 2.24) is 24.9 Å². The third-order valence-corrected chi connectivity index (χ3v) is 6.44. The molecule has 1 amide bonds. The van der Waals surface area contributed by atoms with Gasteiger partial charge in [0.05, 0.1) is 17.5 Å². The van der Waals surface area contributed by atoms with E-state index in [2.05, 4.69) is 17.2 Å². The normalized spacial score (nSPS) is 17.9. The minimum Gasteiger partial charge on any atom is -0.489 e. The molecular weight excluding hydrogens is 394 g/mol. The zero-order valence-electron chi connectivity index (χ0n) is 19.1. The molecule has 168 valence electrons. The van der Waals surface area contributed by atoms with Crippen molar-refractivity contribution >= 4 is 6.09 Å². The Bertz CT molecular complexity index is 931. The fourth-order valence-corrected chi connectivity index (χ4v) is 4.15. The number of pyridine rings is 1. The van der Waals surface area contributed by atoms with Gasteiger partial charge in [0.1, 0.15) is 23.7 Å². The zero-order chi connectivity index (χ0) is 22.0. The highest BCUT2D eigenvalue weighted by atomic mass is 16.6. The van der Waals surface area contributed by atoms with Gasteiger partial charge in [0.15, 0.2) is 0 Å². The number of aryl methyl sites for hydroxylation is 2. The molecule has 8 heteroatoms. The van der Waals surface area contributed by atoms with Gasteiger partial charge in [-0.25, -0.2) is 14.5 Å². The lowest BCUT2D eigenvalue weighted by Crippen LogP contribution is -2.32. The molecule has 0 aromatic carbocycles. The SMILES string of the molecule is Cc1nc(-c2nnn(C)c2COC(=O)N(C)CC2(C)CC2)ccc1OC1CCCCC1. The molecule has 2 aliphatic carbocycles. The second kappa shape index (κ2) is 8.85. The standard InChI is InChI=1S/C23H33N5O3/c1-16-20(31-17-8-6-5-7-9-17)11-10-18(24-16)21-19(28(4)26-25-21)14-30-22(29)27(3)15-23(2)12-13-23/h10-11,17H,5-9,12-15H2,1-4H3. The summed E-state index contributed by atoms with van der Waals surface area (Å²) >= 11 is 0. The molecule has 2 saturated carbocycles. The monoisotopic (exact) mass is 427 g/mol. The van der Waals surface area contributed by atoms with E-state index in [0.29, 0.717) is 23.6 Å². The first-order chi connectivity index (χ1) is 14.8. The largest absolute Gasteiger partial charge is 0.489 e. The maximum Gasteiger partial charge on any atom is 0.409 e. The molecular formula is C23H33N5O3. The Morgan fingerprint density at radius 3 is 2.68 bits per heavy atom. The van der Waals surface area contributed by atoms with Gasteiger partial charge in [-0.2, -0.15) is 0 Å². The average Bonchev–Trinajstić information content (AvgIpc) is 3.36. The van der Waals surface area contributed by atoms with E-state index in [-0.39, 0.29) is 24.2 Å². The lowest BCUT2D eigenvalue weighted by molar-refractivity contribution is 0.0968. The van der Waals surface area contributed by atoms with Crippen LogP contribution in [0, 0.1) is 12.3 Å². The van der Waals surface area contributed by atoms with E-state index in [4.69, 9.17) is 14.5 Å². The highest BCUT2D eigenvalue weighted by Crippen LogP contribution is 2.45. The van der Waals surface area contributed by atoms with Crippen molar-refractivity contribution in [3.63, 3.8) is 0 Å². The summed E-state index contributed by atoms with van der Waals surface area (Å²) in [6, 6.07) is 3.86. The predicted octanol–water partition coefficient (Wildman–Crippen LogP) is 4.27. The summed E-state index contributed by atoms with van der Waals surface area (Å²) in [7, 11) is 3.58. The molecule has 2 aromatic heterocycles. The number of hydrogen-bond acceptors (Lipinski definition) is 6. The van der Waals surface area contributed by atoms with Gasteiger partial charge in [-0.1, -0.05) is 18.6 Å². The van der Waals surface area contributed by atoms with Crippen molar-refractivity contribution in [3.8, 4) is 17.1 Å². The molecule has 0 atom stereocenters. The van der Waals surface area contributed by atoms with Crippen molar-refractivity contribution in [2.45, 2.75) is 71.5 Å². The molecule has 0 bridgehead atoms. The number of ether oxygens (including phenoxy) is 2. The Labute approximate surface area is 183 Å². The van der Waals surface area contributed by atoms with Gasteiger partial charge in [0.25, 0.3) is 0 Å². The molecule has 0 N–H and O–H groups in total. The minimum atomic E-state index is -0.333. The second-order valence-electron chi connectivity index (χ2n) is 9.39. The van der Waals surface area contributed by atoms with E-state index < -0.39 is 0 Å². The van der Waals surface area contributed by atoms with Crippen LogP contribution in [0.2, 0.25) is 0 Å². The molecule has 31 heavy (non-hydrogen) atoms. The van der Waals surface area contributed by atoms with Crippen LogP contribution in [0.1, 0.15) is 63.3 Å². The minimum absolute atomic E-state index is 0.0970. The van der Waals surface area contributed by atoms with Crippen LogP contribution in [0.3, 0.4) is 0 Å². The Morgan fingerprint density at radius 1 is 1.26 bits per heavy atom. The number of hydrogen-bond donors (Lipinski definition) is 0. The van der Waals surface area contributed by atoms with Crippen molar-refractivity contribution in [1.29, 1.82) is 0 Å². The first-order valence-electron chi connectivity index (χ1n) is 11.3. The highest BCUT2D eigenvalue weighted by molar-refractivity contribution is 5.67. The van der Waals surface area contributed by atoms with Crippen molar-refractivity contribution in [2.75, 3.05) is 13.6 Å². The average molecular weight is 428 g/mol. The summed E-state index contributed by atoms with van der Waals surface area (Å²) in [4.78, 5) is 18.8. The number of rotatable bonds is 7. The molecule has 0 radical (unpaired) electrons. The molecule has 2 aliphatic rings. The molecule has 0 unspecified atom stereocenters. The number of aromatic nitrogens is 4. The number of amides is 1. The number of carbonyl (C=O) groups excluding carboxylic acids is 1. The van der Waals surface area contributed by atoms with Gasteiger partial charge in [0.2, 0.25) is 0 Å². The topological polar surface area (TPSA) is 82.4 Å². The van der Waals surface area contributed by atoms with Gasteiger partial charge in [0, 0.05) is 20.6 Å². The molecule has 2 heterocycles. The zero-order valence-corrected chi connectivity index (χ0v) is 19.1. The molecule has 0 saturated heterocycles. The van der Waals surface area contributed by atoms with E-state index in [1.165, 1.54) is 19.3 Å². The van der Waals surface area contributed by atoms with Crippen LogP contribution in [0.5, 0.6) is 5.75 Å². The maximum atomic E-state index is 12.4. The number of carbonyl (C=O) groups is 1. The van der Waals surface area contributed by atoms with Gasteiger partial charge in [-0.15, -0.1) is 5.10 Å². The summed E-state index contributed by atoms with van der Waals surface area (Å²) in [5.74, 6) is 0.822. The van der Waals surface area contributed by atoms with Crippen molar-refractivity contribution in [2.24, 2.45) is 12.5 Å². The highest BCUT2D eigenvalue weighted by Gasteiger charge is 2.39. The van der Waals surface area contributed by atoms with Gasteiger partial charge in [-0.05, 0) is 63.0 Å². The van der Waals surface area contributed by atoms with E-state index in [1.807, 2.05) is 19.1 Å². The van der Waals surface area contributed by atoms with Gasteiger partial charge in [-0.3, -0.25) is 0 Å². The summed E-state index contributed by atoms with van der Waals surface area (Å²) in [6.07, 6.45) is 8.23. The van der Waals surface area contributed by atoms with Crippen LogP contribution >= 0.6 is 0 Å². The van der Waals surface area contributed by atoms with Crippen LogP contribution in [-0.2, 0) is 18.4 Å².